The van der Waals surface area contributed by atoms with Crippen molar-refractivity contribution in [2.45, 2.75) is 13.1 Å². The van der Waals surface area contributed by atoms with Gasteiger partial charge < -0.3 is 14.2 Å². The minimum absolute atomic E-state index is 0.0184. The molecule has 0 radical (unpaired) electrons. The fraction of sp³-hybridized carbons (Fsp3) is 0.300. The highest BCUT2D eigenvalue weighted by molar-refractivity contribution is 5.71. The molecule has 0 aliphatic rings. The number of methoxy groups -OCH3 is 3. The van der Waals surface area contributed by atoms with E-state index in [4.69, 9.17) is 19.5 Å². The first-order valence-corrected chi connectivity index (χ1v) is 8.18. The molecule has 0 aliphatic carbocycles. The summed E-state index contributed by atoms with van der Waals surface area (Å²) in [6.45, 7) is 0.504. The number of esters is 1. The van der Waals surface area contributed by atoms with Crippen molar-refractivity contribution in [2.75, 3.05) is 27.9 Å². The molecule has 6 nitrogen and oxygen atoms in total. The van der Waals surface area contributed by atoms with Crippen molar-refractivity contribution in [1.29, 1.82) is 5.26 Å². The third kappa shape index (κ3) is 5.69. The van der Waals surface area contributed by atoms with Crippen LogP contribution < -0.4 is 9.47 Å². The zero-order valence-corrected chi connectivity index (χ0v) is 15.5. The molecule has 2 aromatic rings. The Morgan fingerprint density at radius 1 is 1.07 bits per heavy atom. The summed E-state index contributed by atoms with van der Waals surface area (Å²) in [5.74, 6) is 0.310. The van der Waals surface area contributed by atoms with Gasteiger partial charge in [-0.1, -0.05) is 6.07 Å². The number of halogens is 1. The summed E-state index contributed by atoms with van der Waals surface area (Å²) in [5.41, 5.74) is 1.46. The van der Waals surface area contributed by atoms with Crippen LogP contribution in [-0.2, 0) is 22.6 Å². The molecule has 0 unspecified atom stereocenters. The second-order valence-corrected chi connectivity index (χ2v) is 5.86. The molecule has 0 amide bonds. The van der Waals surface area contributed by atoms with E-state index in [2.05, 4.69) is 0 Å². The number of ether oxygens (including phenoxy) is 3. The monoisotopic (exact) mass is 372 g/mol. The Bertz CT molecular complexity index is 826. The van der Waals surface area contributed by atoms with Gasteiger partial charge in [-0.25, -0.2) is 4.39 Å². The van der Waals surface area contributed by atoms with Gasteiger partial charge >= 0.3 is 5.97 Å². The molecule has 0 bridgehead atoms. The number of nitrogens with zero attached hydrogens (tertiary/aromatic N) is 2. The number of hydrogen-bond donors (Lipinski definition) is 0. The lowest BCUT2D eigenvalue weighted by Gasteiger charge is -2.22. The first-order chi connectivity index (χ1) is 13.0. The summed E-state index contributed by atoms with van der Waals surface area (Å²) < 4.78 is 29.5. The van der Waals surface area contributed by atoms with Crippen LogP contribution in [-0.4, -0.2) is 38.7 Å². The van der Waals surface area contributed by atoms with Gasteiger partial charge in [-0.05, 0) is 29.8 Å². The number of carbonyl (C=O) groups excluding carboxylic acids is 1. The topological polar surface area (TPSA) is 71.8 Å². The smallest absolute Gasteiger partial charge is 0.319 e. The summed E-state index contributed by atoms with van der Waals surface area (Å²) >= 11 is 0. The standard InChI is InChI=1S/C20H21FN2O4/c1-25-17-6-15(7-18(9-17)26-2)11-23(13-20(24)27-3)12-16-5-4-14(10-22)8-19(16)21/h4-9H,11-13H2,1-3H3. The Hall–Kier alpha value is -3.11. The second kappa shape index (κ2) is 9.55. The van der Waals surface area contributed by atoms with E-state index in [-0.39, 0.29) is 18.7 Å². The molecule has 0 saturated heterocycles. The Morgan fingerprint density at radius 2 is 1.74 bits per heavy atom. The predicted octanol–water partition coefficient (Wildman–Crippen LogP) is 2.89. The zero-order chi connectivity index (χ0) is 19.8. The highest BCUT2D eigenvalue weighted by Crippen LogP contribution is 2.24. The van der Waals surface area contributed by atoms with E-state index in [1.807, 2.05) is 18.2 Å². The lowest BCUT2D eigenvalue weighted by Crippen LogP contribution is -2.30. The summed E-state index contributed by atoms with van der Waals surface area (Å²) in [7, 11) is 4.41. The second-order valence-electron chi connectivity index (χ2n) is 5.86. The van der Waals surface area contributed by atoms with Gasteiger partial charge in [0, 0.05) is 24.7 Å². The maximum atomic E-state index is 14.3. The molecule has 0 N–H and O–H groups in total. The summed E-state index contributed by atoms with van der Waals surface area (Å²) in [6.07, 6.45) is 0. The average molecular weight is 372 g/mol. The van der Waals surface area contributed by atoms with Crippen LogP contribution in [0.2, 0.25) is 0 Å². The van der Waals surface area contributed by atoms with E-state index in [9.17, 15) is 9.18 Å². The van der Waals surface area contributed by atoms with Crippen LogP contribution in [0.5, 0.6) is 11.5 Å². The highest BCUT2D eigenvalue weighted by Gasteiger charge is 2.16. The van der Waals surface area contributed by atoms with Crippen LogP contribution in [0.1, 0.15) is 16.7 Å². The molecular formula is C20H21FN2O4. The van der Waals surface area contributed by atoms with Crippen LogP contribution in [0.3, 0.4) is 0 Å². The SMILES string of the molecule is COC(=O)CN(Cc1cc(OC)cc(OC)c1)Cc1ccc(C#N)cc1F. The van der Waals surface area contributed by atoms with Crippen molar-refractivity contribution in [3.63, 3.8) is 0 Å². The Labute approximate surface area is 157 Å². The number of rotatable bonds is 8. The van der Waals surface area contributed by atoms with E-state index < -0.39 is 11.8 Å². The van der Waals surface area contributed by atoms with Gasteiger partial charge in [0.2, 0.25) is 0 Å². The molecule has 0 saturated carbocycles. The lowest BCUT2D eigenvalue weighted by atomic mass is 10.1. The molecule has 0 heterocycles. The van der Waals surface area contributed by atoms with Crippen LogP contribution >= 0.6 is 0 Å². The molecule has 2 aromatic carbocycles. The lowest BCUT2D eigenvalue weighted by molar-refractivity contribution is -0.142. The van der Waals surface area contributed by atoms with E-state index in [1.54, 1.807) is 37.3 Å². The van der Waals surface area contributed by atoms with E-state index in [0.717, 1.165) is 5.56 Å². The Balaban J connectivity index is 2.27. The maximum Gasteiger partial charge on any atom is 0.319 e. The molecule has 0 spiro atoms. The average Bonchev–Trinajstić information content (AvgIpc) is 2.68. The Morgan fingerprint density at radius 3 is 2.26 bits per heavy atom. The molecular weight excluding hydrogens is 351 g/mol. The van der Waals surface area contributed by atoms with Gasteiger partial charge in [0.05, 0.1) is 39.5 Å². The van der Waals surface area contributed by atoms with Gasteiger partial charge in [-0.15, -0.1) is 0 Å². The molecule has 0 fully saturated rings. The molecule has 0 aliphatic heterocycles. The van der Waals surface area contributed by atoms with Crippen LogP contribution in [0.25, 0.3) is 0 Å². The fourth-order valence-corrected chi connectivity index (χ4v) is 2.62. The summed E-state index contributed by atoms with van der Waals surface area (Å²) in [6, 6.07) is 11.6. The molecule has 0 aromatic heterocycles. The number of carbonyl (C=O) groups is 1. The van der Waals surface area contributed by atoms with Gasteiger partial charge in [0.25, 0.3) is 0 Å². The van der Waals surface area contributed by atoms with Gasteiger partial charge in [0.15, 0.2) is 0 Å². The molecule has 142 valence electrons. The number of nitriles is 1. The fourth-order valence-electron chi connectivity index (χ4n) is 2.62. The minimum Gasteiger partial charge on any atom is -0.497 e. The maximum absolute atomic E-state index is 14.3. The molecule has 7 heteroatoms. The van der Waals surface area contributed by atoms with Crippen LogP contribution in [0.15, 0.2) is 36.4 Å². The zero-order valence-electron chi connectivity index (χ0n) is 15.5. The van der Waals surface area contributed by atoms with Gasteiger partial charge in [-0.3, -0.25) is 9.69 Å². The van der Waals surface area contributed by atoms with E-state index in [0.29, 0.717) is 23.6 Å². The highest BCUT2D eigenvalue weighted by atomic mass is 19.1. The Kier molecular flexibility index (Phi) is 7.15. The minimum atomic E-state index is -0.493. The van der Waals surface area contributed by atoms with Crippen molar-refractivity contribution in [3.05, 3.63) is 58.9 Å². The third-order valence-electron chi connectivity index (χ3n) is 3.97. The largest absolute Gasteiger partial charge is 0.497 e. The van der Waals surface area contributed by atoms with Gasteiger partial charge in [0.1, 0.15) is 17.3 Å². The van der Waals surface area contributed by atoms with Crippen molar-refractivity contribution in [2.24, 2.45) is 0 Å². The number of benzene rings is 2. The van der Waals surface area contributed by atoms with Crippen LogP contribution in [0, 0.1) is 17.1 Å². The normalized spacial score (nSPS) is 10.4. The van der Waals surface area contributed by atoms with Crippen LogP contribution in [0.4, 0.5) is 4.39 Å². The van der Waals surface area contributed by atoms with Crippen molar-refractivity contribution < 1.29 is 23.4 Å². The van der Waals surface area contributed by atoms with Crippen molar-refractivity contribution >= 4 is 5.97 Å². The predicted molar refractivity (Wildman–Crippen MR) is 96.8 cm³/mol. The van der Waals surface area contributed by atoms with Crippen molar-refractivity contribution in [3.8, 4) is 17.6 Å². The summed E-state index contributed by atoms with van der Waals surface area (Å²) in [4.78, 5) is 13.5. The third-order valence-corrected chi connectivity index (χ3v) is 3.97. The van der Waals surface area contributed by atoms with Crippen molar-refractivity contribution in [1.82, 2.24) is 4.90 Å². The molecule has 2 rings (SSSR count). The molecule has 27 heavy (non-hydrogen) atoms. The first kappa shape index (κ1) is 20.2. The van der Waals surface area contributed by atoms with E-state index in [1.165, 1.54) is 13.2 Å². The first-order valence-electron chi connectivity index (χ1n) is 8.18. The summed E-state index contributed by atoms with van der Waals surface area (Å²) in [5, 5.41) is 8.87. The van der Waals surface area contributed by atoms with E-state index >= 15 is 0 Å². The van der Waals surface area contributed by atoms with Gasteiger partial charge in [-0.2, -0.15) is 5.26 Å². The molecule has 0 atom stereocenters. The quantitative estimate of drug-likeness (QED) is 0.664. The number of hydrogen-bond acceptors (Lipinski definition) is 6.